The highest BCUT2D eigenvalue weighted by Crippen LogP contribution is 2.32. The molecule has 1 unspecified atom stereocenters. The van der Waals surface area contributed by atoms with Crippen molar-refractivity contribution in [1.29, 1.82) is 0 Å². The molecule has 1 aliphatic heterocycles. The van der Waals surface area contributed by atoms with E-state index in [1.54, 1.807) is 14.2 Å². The largest absolute Gasteiger partial charge is 0.497 e. The van der Waals surface area contributed by atoms with Crippen LogP contribution in [0.15, 0.2) is 23.2 Å². The number of rotatable bonds is 5. The van der Waals surface area contributed by atoms with Gasteiger partial charge in [-0.3, -0.25) is 4.99 Å². The Morgan fingerprint density at radius 3 is 2.80 bits per heavy atom. The lowest BCUT2D eigenvalue weighted by atomic mass is 10.1. The van der Waals surface area contributed by atoms with Crippen LogP contribution in [0.25, 0.3) is 0 Å². The van der Waals surface area contributed by atoms with E-state index in [0.29, 0.717) is 11.2 Å². The normalized spacial score (nSPS) is 18.1. The summed E-state index contributed by atoms with van der Waals surface area (Å²) in [6.07, 6.45) is 1.19. The third kappa shape index (κ3) is 3.82. The minimum Gasteiger partial charge on any atom is -0.497 e. The van der Waals surface area contributed by atoms with Gasteiger partial charge in [0.2, 0.25) is 0 Å². The fourth-order valence-electron chi connectivity index (χ4n) is 2.15. The first-order valence-electron chi connectivity index (χ1n) is 6.82. The quantitative estimate of drug-likeness (QED) is 0.900. The Labute approximate surface area is 125 Å². The Kier molecular flexibility index (Phi) is 5.17. The van der Waals surface area contributed by atoms with Crippen molar-refractivity contribution in [3.8, 4) is 11.5 Å². The van der Waals surface area contributed by atoms with Gasteiger partial charge in [0.25, 0.3) is 0 Å². The van der Waals surface area contributed by atoms with Gasteiger partial charge in [-0.2, -0.15) is 0 Å². The molecule has 0 saturated carbocycles. The standard InChI is InChI=1S/C15H22N2O2S/c1-10(2)7-12-9-16-15(20-12)17-13-6-5-11(18-3)8-14(13)19-4/h5-6,8,10,12H,7,9H2,1-4H3,(H,16,17). The Bertz CT molecular complexity index is 489. The third-order valence-corrected chi connectivity index (χ3v) is 4.23. The molecule has 20 heavy (non-hydrogen) atoms. The van der Waals surface area contributed by atoms with Gasteiger partial charge in [-0.15, -0.1) is 0 Å². The van der Waals surface area contributed by atoms with E-state index in [0.717, 1.165) is 28.9 Å². The van der Waals surface area contributed by atoms with Gasteiger partial charge in [-0.05, 0) is 24.5 Å². The molecule has 2 rings (SSSR count). The van der Waals surface area contributed by atoms with Crippen LogP contribution in [0.1, 0.15) is 20.3 Å². The Morgan fingerprint density at radius 2 is 2.15 bits per heavy atom. The molecular weight excluding hydrogens is 272 g/mol. The molecule has 1 aromatic carbocycles. The lowest BCUT2D eigenvalue weighted by Crippen LogP contribution is -2.10. The van der Waals surface area contributed by atoms with Gasteiger partial charge in [0.05, 0.1) is 26.5 Å². The maximum atomic E-state index is 5.38. The zero-order valence-corrected chi connectivity index (χ0v) is 13.3. The second kappa shape index (κ2) is 6.88. The number of thioether (sulfide) groups is 1. The number of anilines is 1. The van der Waals surface area contributed by atoms with Gasteiger partial charge in [-0.25, -0.2) is 0 Å². The summed E-state index contributed by atoms with van der Waals surface area (Å²) >= 11 is 1.82. The number of hydrogen-bond acceptors (Lipinski definition) is 5. The van der Waals surface area contributed by atoms with Crippen LogP contribution in [0.4, 0.5) is 5.69 Å². The van der Waals surface area contributed by atoms with E-state index in [1.165, 1.54) is 6.42 Å². The first kappa shape index (κ1) is 15.0. The SMILES string of the molecule is COc1ccc(NC2=NCC(CC(C)C)S2)c(OC)c1. The zero-order valence-electron chi connectivity index (χ0n) is 12.5. The highest BCUT2D eigenvalue weighted by molar-refractivity contribution is 8.15. The first-order valence-corrected chi connectivity index (χ1v) is 7.70. The molecule has 1 N–H and O–H groups in total. The van der Waals surface area contributed by atoms with Crippen molar-refractivity contribution < 1.29 is 9.47 Å². The van der Waals surface area contributed by atoms with Crippen LogP contribution < -0.4 is 14.8 Å². The molecule has 1 aliphatic rings. The number of aliphatic imine (C=N–C) groups is 1. The third-order valence-electron chi connectivity index (χ3n) is 3.10. The monoisotopic (exact) mass is 294 g/mol. The molecule has 0 aliphatic carbocycles. The lowest BCUT2D eigenvalue weighted by Gasteiger charge is -2.13. The van der Waals surface area contributed by atoms with Crippen LogP contribution in [0.2, 0.25) is 0 Å². The van der Waals surface area contributed by atoms with Crippen LogP contribution in [0.5, 0.6) is 11.5 Å². The molecule has 0 spiro atoms. The van der Waals surface area contributed by atoms with Crippen LogP contribution in [-0.4, -0.2) is 31.2 Å². The number of methoxy groups -OCH3 is 2. The highest BCUT2D eigenvalue weighted by atomic mass is 32.2. The first-order chi connectivity index (χ1) is 9.62. The van der Waals surface area contributed by atoms with E-state index in [9.17, 15) is 0 Å². The molecule has 4 nitrogen and oxygen atoms in total. The predicted octanol–water partition coefficient (Wildman–Crippen LogP) is 3.63. The highest BCUT2D eigenvalue weighted by Gasteiger charge is 2.21. The van der Waals surface area contributed by atoms with E-state index < -0.39 is 0 Å². The fourth-order valence-corrected chi connectivity index (χ4v) is 3.42. The summed E-state index contributed by atoms with van der Waals surface area (Å²) in [7, 11) is 3.31. The van der Waals surface area contributed by atoms with E-state index in [-0.39, 0.29) is 0 Å². The number of amidine groups is 1. The molecule has 0 fully saturated rings. The molecular formula is C15H22N2O2S. The average Bonchev–Trinajstić information content (AvgIpc) is 2.85. The van der Waals surface area contributed by atoms with Gasteiger partial charge >= 0.3 is 0 Å². The van der Waals surface area contributed by atoms with Gasteiger partial charge < -0.3 is 14.8 Å². The number of ether oxygens (including phenoxy) is 2. The van der Waals surface area contributed by atoms with Gasteiger partial charge in [0.15, 0.2) is 5.17 Å². The van der Waals surface area contributed by atoms with Crippen molar-refractivity contribution in [2.75, 3.05) is 26.1 Å². The number of nitrogens with zero attached hydrogens (tertiary/aromatic N) is 1. The summed E-state index contributed by atoms with van der Waals surface area (Å²) in [6, 6.07) is 5.74. The predicted molar refractivity (Wildman–Crippen MR) is 86.3 cm³/mol. The Hall–Kier alpha value is -1.36. The minimum absolute atomic E-state index is 0.585. The van der Waals surface area contributed by atoms with Gasteiger partial charge in [-0.1, -0.05) is 25.6 Å². The molecule has 0 amide bonds. The fraction of sp³-hybridized carbons (Fsp3) is 0.533. The lowest BCUT2D eigenvalue weighted by molar-refractivity contribution is 0.395. The van der Waals surface area contributed by atoms with Crippen molar-refractivity contribution >= 4 is 22.6 Å². The Balaban J connectivity index is 2.00. The Morgan fingerprint density at radius 1 is 1.35 bits per heavy atom. The summed E-state index contributed by atoms with van der Waals surface area (Å²) in [4.78, 5) is 4.57. The molecule has 0 radical (unpaired) electrons. The van der Waals surface area contributed by atoms with Gasteiger partial charge in [0.1, 0.15) is 11.5 Å². The van der Waals surface area contributed by atoms with E-state index in [2.05, 4.69) is 24.2 Å². The number of hydrogen-bond donors (Lipinski definition) is 1. The minimum atomic E-state index is 0.585. The number of benzene rings is 1. The second-order valence-corrected chi connectivity index (χ2v) is 6.50. The van der Waals surface area contributed by atoms with Crippen molar-refractivity contribution in [2.24, 2.45) is 10.9 Å². The maximum Gasteiger partial charge on any atom is 0.161 e. The molecule has 110 valence electrons. The smallest absolute Gasteiger partial charge is 0.161 e. The molecule has 1 aromatic rings. The summed E-state index contributed by atoms with van der Waals surface area (Å²) in [5, 5.41) is 4.90. The molecule has 0 aromatic heterocycles. The molecule has 1 heterocycles. The van der Waals surface area contributed by atoms with Crippen molar-refractivity contribution in [3.63, 3.8) is 0 Å². The topological polar surface area (TPSA) is 42.8 Å². The molecule has 0 bridgehead atoms. The van der Waals surface area contributed by atoms with E-state index in [4.69, 9.17) is 9.47 Å². The summed E-state index contributed by atoms with van der Waals surface area (Å²) in [5.74, 6) is 2.25. The van der Waals surface area contributed by atoms with Crippen LogP contribution in [0, 0.1) is 5.92 Å². The summed E-state index contributed by atoms with van der Waals surface area (Å²) in [5.41, 5.74) is 0.921. The van der Waals surface area contributed by atoms with Crippen molar-refractivity contribution in [2.45, 2.75) is 25.5 Å². The van der Waals surface area contributed by atoms with Gasteiger partial charge in [0, 0.05) is 11.3 Å². The van der Waals surface area contributed by atoms with Crippen molar-refractivity contribution in [3.05, 3.63) is 18.2 Å². The summed E-state index contributed by atoms with van der Waals surface area (Å²) < 4.78 is 10.6. The molecule has 1 atom stereocenters. The summed E-state index contributed by atoms with van der Waals surface area (Å²) in [6.45, 7) is 5.39. The number of nitrogens with one attached hydrogen (secondary N) is 1. The second-order valence-electron chi connectivity index (χ2n) is 5.21. The molecule has 0 saturated heterocycles. The van der Waals surface area contributed by atoms with Crippen LogP contribution in [0.3, 0.4) is 0 Å². The maximum absolute atomic E-state index is 5.38. The van der Waals surface area contributed by atoms with Crippen LogP contribution >= 0.6 is 11.8 Å². The van der Waals surface area contributed by atoms with E-state index in [1.807, 2.05) is 30.0 Å². The van der Waals surface area contributed by atoms with Crippen LogP contribution in [-0.2, 0) is 0 Å². The zero-order chi connectivity index (χ0) is 14.5. The molecule has 5 heteroatoms. The van der Waals surface area contributed by atoms with Crippen molar-refractivity contribution in [1.82, 2.24) is 0 Å². The van der Waals surface area contributed by atoms with E-state index >= 15 is 0 Å². The average molecular weight is 294 g/mol.